The molecule has 0 aliphatic heterocycles. The zero-order valence-electron chi connectivity index (χ0n) is 12.6. The summed E-state index contributed by atoms with van der Waals surface area (Å²) in [6, 6.07) is 9.42. The highest BCUT2D eigenvalue weighted by atomic mass is 15.3. The minimum absolute atomic E-state index is 0.694. The largest absolute Gasteiger partial charge is 0.314 e. The predicted molar refractivity (Wildman–Crippen MR) is 83.9 cm³/mol. The molecule has 1 aromatic carbocycles. The Morgan fingerprint density at radius 1 is 1.30 bits per heavy atom. The van der Waals surface area contributed by atoms with E-state index >= 15 is 0 Å². The van der Waals surface area contributed by atoms with E-state index in [1.54, 1.807) is 0 Å². The molecule has 1 aliphatic carbocycles. The Labute approximate surface area is 121 Å². The fraction of sp³-hybridized carbons (Fsp3) is 0.588. The van der Waals surface area contributed by atoms with Crippen LogP contribution in [0.5, 0.6) is 0 Å². The van der Waals surface area contributed by atoms with Crippen LogP contribution >= 0.6 is 0 Å². The van der Waals surface area contributed by atoms with E-state index in [9.17, 15) is 0 Å². The molecule has 1 atom stereocenters. The van der Waals surface area contributed by atoms with Crippen molar-refractivity contribution in [1.82, 2.24) is 15.1 Å². The molecule has 20 heavy (non-hydrogen) atoms. The van der Waals surface area contributed by atoms with E-state index in [0.29, 0.717) is 5.92 Å². The number of hydrogen-bond acceptors (Lipinski definition) is 2. The summed E-state index contributed by atoms with van der Waals surface area (Å²) in [6.45, 7) is 6.53. The number of fused-ring (bicyclic) bond motifs is 1. The van der Waals surface area contributed by atoms with Gasteiger partial charge in [0.2, 0.25) is 0 Å². The lowest BCUT2D eigenvalue weighted by Crippen LogP contribution is -2.25. The quantitative estimate of drug-likeness (QED) is 0.836. The van der Waals surface area contributed by atoms with Crippen molar-refractivity contribution in [3.05, 3.63) is 30.0 Å². The van der Waals surface area contributed by atoms with Crippen molar-refractivity contribution in [2.24, 2.45) is 5.92 Å². The number of aryl methyl sites for hydroxylation is 1. The lowest BCUT2D eigenvalue weighted by atomic mass is 9.98. The lowest BCUT2D eigenvalue weighted by Gasteiger charge is -2.14. The molecular formula is C17H25N3. The fourth-order valence-electron chi connectivity index (χ4n) is 2.84. The van der Waals surface area contributed by atoms with Crippen LogP contribution in [0.4, 0.5) is 0 Å². The molecule has 1 aliphatic rings. The van der Waals surface area contributed by atoms with Gasteiger partial charge in [-0.25, -0.2) is 0 Å². The van der Waals surface area contributed by atoms with Crippen molar-refractivity contribution in [3.8, 4) is 0 Å². The number of nitrogens with zero attached hydrogens (tertiary/aromatic N) is 2. The third kappa shape index (κ3) is 2.88. The van der Waals surface area contributed by atoms with Gasteiger partial charge in [-0.3, -0.25) is 4.68 Å². The van der Waals surface area contributed by atoms with Crippen molar-refractivity contribution in [2.75, 3.05) is 6.54 Å². The monoisotopic (exact) mass is 271 g/mol. The van der Waals surface area contributed by atoms with E-state index in [1.807, 2.05) is 0 Å². The Morgan fingerprint density at radius 3 is 2.80 bits per heavy atom. The first-order valence-electron chi connectivity index (χ1n) is 7.99. The third-order valence-corrected chi connectivity index (χ3v) is 4.37. The zero-order chi connectivity index (χ0) is 13.9. The molecule has 1 saturated carbocycles. The molecule has 1 fully saturated rings. The highest BCUT2D eigenvalue weighted by molar-refractivity contribution is 5.81. The van der Waals surface area contributed by atoms with Gasteiger partial charge in [-0.1, -0.05) is 31.5 Å². The Morgan fingerprint density at radius 2 is 2.10 bits per heavy atom. The normalized spacial score (nSPS) is 16.7. The molecule has 1 aromatic heterocycles. The highest BCUT2D eigenvalue weighted by Gasteiger charge is 2.22. The first-order chi connectivity index (χ1) is 9.81. The number of rotatable bonds is 7. The second kappa shape index (κ2) is 5.96. The maximum atomic E-state index is 4.83. The van der Waals surface area contributed by atoms with Crippen LogP contribution in [0.3, 0.4) is 0 Å². The summed E-state index contributed by atoms with van der Waals surface area (Å²) >= 11 is 0. The number of aromatic nitrogens is 2. The molecule has 0 saturated heterocycles. The summed E-state index contributed by atoms with van der Waals surface area (Å²) < 4.78 is 2.13. The minimum Gasteiger partial charge on any atom is -0.314 e. The van der Waals surface area contributed by atoms with E-state index < -0.39 is 0 Å². The predicted octanol–water partition coefficient (Wildman–Crippen LogP) is 3.38. The molecule has 0 spiro atoms. The van der Waals surface area contributed by atoms with Crippen LogP contribution in [-0.4, -0.2) is 22.4 Å². The second-order valence-electron chi connectivity index (χ2n) is 5.94. The van der Waals surface area contributed by atoms with Crippen molar-refractivity contribution >= 4 is 10.9 Å². The van der Waals surface area contributed by atoms with Gasteiger partial charge in [0.1, 0.15) is 0 Å². The van der Waals surface area contributed by atoms with Crippen LogP contribution in [-0.2, 0) is 13.0 Å². The maximum absolute atomic E-state index is 4.83. The summed E-state index contributed by atoms with van der Waals surface area (Å²) in [7, 11) is 0. The van der Waals surface area contributed by atoms with Gasteiger partial charge in [-0.2, -0.15) is 5.10 Å². The standard InChI is InChI=1S/C17H25N3/c1-3-13(12-18-14-9-10-14)11-16-15-7-5-6-8-17(15)20(4-2)19-16/h5-8,13-14,18H,3-4,9-12H2,1-2H3. The molecule has 0 amide bonds. The molecule has 0 bridgehead atoms. The molecule has 3 rings (SSSR count). The summed E-state index contributed by atoms with van der Waals surface area (Å²) in [5.41, 5.74) is 2.54. The Hall–Kier alpha value is -1.35. The summed E-state index contributed by atoms with van der Waals surface area (Å²) in [5, 5.41) is 9.82. The molecular weight excluding hydrogens is 246 g/mol. The summed E-state index contributed by atoms with van der Waals surface area (Å²) in [4.78, 5) is 0. The van der Waals surface area contributed by atoms with Crippen molar-refractivity contribution in [2.45, 2.75) is 52.1 Å². The van der Waals surface area contributed by atoms with Crippen LogP contribution in [0.1, 0.15) is 38.8 Å². The van der Waals surface area contributed by atoms with Gasteiger partial charge in [-0.15, -0.1) is 0 Å². The number of hydrogen-bond donors (Lipinski definition) is 1. The molecule has 108 valence electrons. The minimum atomic E-state index is 0.694. The SMILES string of the molecule is CCC(CNC1CC1)Cc1nn(CC)c2ccccc12. The first-order valence-corrected chi connectivity index (χ1v) is 7.99. The second-order valence-corrected chi connectivity index (χ2v) is 5.94. The van der Waals surface area contributed by atoms with Gasteiger partial charge in [0, 0.05) is 18.0 Å². The van der Waals surface area contributed by atoms with Gasteiger partial charge >= 0.3 is 0 Å². The zero-order valence-corrected chi connectivity index (χ0v) is 12.6. The van der Waals surface area contributed by atoms with Gasteiger partial charge in [0.05, 0.1) is 11.2 Å². The van der Waals surface area contributed by atoms with Gasteiger partial charge in [-0.05, 0) is 44.7 Å². The summed E-state index contributed by atoms with van der Waals surface area (Å²) in [5.74, 6) is 0.694. The van der Waals surface area contributed by atoms with Crippen LogP contribution in [0.2, 0.25) is 0 Å². The average molecular weight is 271 g/mol. The van der Waals surface area contributed by atoms with E-state index in [2.05, 4.69) is 48.1 Å². The van der Waals surface area contributed by atoms with Crippen LogP contribution < -0.4 is 5.32 Å². The first kappa shape index (κ1) is 13.6. The Bertz CT molecular complexity index is 569. The maximum Gasteiger partial charge on any atom is 0.0706 e. The van der Waals surface area contributed by atoms with Crippen molar-refractivity contribution < 1.29 is 0 Å². The molecule has 0 radical (unpaired) electrons. The van der Waals surface area contributed by atoms with Gasteiger partial charge < -0.3 is 5.32 Å². The highest BCUT2D eigenvalue weighted by Crippen LogP contribution is 2.23. The Kier molecular flexibility index (Phi) is 4.06. The molecule has 3 heteroatoms. The van der Waals surface area contributed by atoms with E-state index in [1.165, 1.54) is 35.9 Å². The van der Waals surface area contributed by atoms with E-state index in [-0.39, 0.29) is 0 Å². The molecule has 1 N–H and O–H groups in total. The van der Waals surface area contributed by atoms with E-state index in [4.69, 9.17) is 5.10 Å². The average Bonchev–Trinajstić information content (AvgIpc) is 3.25. The van der Waals surface area contributed by atoms with Crippen LogP contribution in [0, 0.1) is 5.92 Å². The van der Waals surface area contributed by atoms with Crippen molar-refractivity contribution in [3.63, 3.8) is 0 Å². The molecule has 2 aromatic rings. The molecule has 1 unspecified atom stereocenters. The lowest BCUT2D eigenvalue weighted by molar-refractivity contribution is 0.453. The number of nitrogens with one attached hydrogen (secondary N) is 1. The third-order valence-electron chi connectivity index (χ3n) is 4.37. The van der Waals surface area contributed by atoms with E-state index in [0.717, 1.165) is 25.6 Å². The fourth-order valence-corrected chi connectivity index (χ4v) is 2.84. The topological polar surface area (TPSA) is 29.9 Å². The van der Waals surface area contributed by atoms with Crippen LogP contribution in [0.15, 0.2) is 24.3 Å². The van der Waals surface area contributed by atoms with Crippen LogP contribution in [0.25, 0.3) is 10.9 Å². The summed E-state index contributed by atoms with van der Waals surface area (Å²) in [6.07, 6.45) is 5.03. The van der Waals surface area contributed by atoms with Crippen molar-refractivity contribution in [1.29, 1.82) is 0 Å². The van der Waals surface area contributed by atoms with Gasteiger partial charge in [0.25, 0.3) is 0 Å². The smallest absolute Gasteiger partial charge is 0.0706 e. The van der Waals surface area contributed by atoms with Gasteiger partial charge in [0.15, 0.2) is 0 Å². The molecule has 1 heterocycles. The Balaban J connectivity index is 1.77. The number of benzene rings is 1. The number of para-hydroxylation sites is 1. The molecule has 3 nitrogen and oxygen atoms in total.